The fourth-order valence-electron chi connectivity index (χ4n) is 5.02. The number of carbonyl (C=O) groups is 2. The third kappa shape index (κ3) is 3.85. The van der Waals surface area contributed by atoms with Gasteiger partial charge in [-0.05, 0) is 54.7 Å². The molecule has 166 valence electrons. The van der Waals surface area contributed by atoms with E-state index in [1.165, 1.54) is 12.7 Å². The molecule has 0 saturated heterocycles. The number of esters is 1. The van der Waals surface area contributed by atoms with Crippen molar-refractivity contribution in [2.75, 3.05) is 7.11 Å². The number of nitrogens with zero attached hydrogens (tertiary/aromatic N) is 1. The first-order valence-electron chi connectivity index (χ1n) is 11.0. The van der Waals surface area contributed by atoms with Crippen LogP contribution in [0.1, 0.15) is 55.4 Å². The summed E-state index contributed by atoms with van der Waals surface area (Å²) in [5.74, 6) is -0.311. The average molecular weight is 458 g/mol. The quantitative estimate of drug-likeness (QED) is 0.335. The van der Waals surface area contributed by atoms with Gasteiger partial charge in [0.05, 0.1) is 18.2 Å². The lowest BCUT2D eigenvalue weighted by Crippen LogP contribution is -2.21. The van der Waals surface area contributed by atoms with Crippen molar-refractivity contribution >= 4 is 34.3 Å². The number of aryl methyl sites for hydroxylation is 1. The van der Waals surface area contributed by atoms with E-state index in [2.05, 4.69) is 29.7 Å². The normalized spacial score (nSPS) is 15.5. The van der Waals surface area contributed by atoms with E-state index >= 15 is 0 Å². The van der Waals surface area contributed by atoms with Crippen molar-refractivity contribution < 1.29 is 14.3 Å². The second-order valence-corrected chi connectivity index (χ2v) is 9.10. The van der Waals surface area contributed by atoms with Crippen LogP contribution in [0.4, 0.5) is 0 Å². The van der Waals surface area contributed by atoms with Gasteiger partial charge in [-0.15, -0.1) is 0 Å². The minimum absolute atomic E-state index is 0.0561. The van der Waals surface area contributed by atoms with Crippen LogP contribution in [0.5, 0.6) is 0 Å². The molecule has 0 fully saturated rings. The Morgan fingerprint density at radius 1 is 1.06 bits per heavy atom. The van der Waals surface area contributed by atoms with Crippen LogP contribution < -0.4 is 0 Å². The Bertz CT molecular complexity index is 1380. The molecule has 0 radical (unpaired) electrons. The number of ketones is 1. The molecule has 0 amide bonds. The Kier molecular flexibility index (Phi) is 5.55. The van der Waals surface area contributed by atoms with E-state index in [-0.39, 0.29) is 11.7 Å². The number of methoxy groups -OCH3 is 1. The molecule has 4 aromatic rings. The van der Waals surface area contributed by atoms with Gasteiger partial charge in [0.15, 0.2) is 5.78 Å². The molecular formula is C28H24ClNO3. The lowest BCUT2D eigenvalue weighted by atomic mass is 9.81. The van der Waals surface area contributed by atoms with E-state index in [1.54, 1.807) is 6.07 Å². The highest BCUT2D eigenvalue weighted by molar-refractivity contribution is 6.30. The smallest absolute Gasteiger partial charge is 0.338 e. The standard InChI is InChI=1S/C28H24ClNO3/c1-17-5-3-6-18(13-17)16-30-23-8-4-7-22(28(32)33-2)26(23)27-24(30)14-20(15-25(27)31)19-9-11-21(29)12-10-19/h3-13,20H,14-16H2,1-2H3. The molecule has 0 aliphatic heterocycles. The van der Waals surface area contributed by atoms with Gasteiger partial charge in [-0.1, -0.05) is 59.6 Å². The molecule has 5 rings (SSSR count). The molecule has 0 spiro atoms. The van der Waals surface area contributed by atoms with E-state index in [9.17, 15) is 9.59 Å². The summed E-state index contributed by atoms with van der Waals surface area (Å²) in [6, 6.07) is 21.7. The number of hydrogen-bond donors (Lipinski definition) is 0. The van der Waals surface area contributed by atoms with Gasteiger partial charge in [-0.2, -0.15) is 0 Å². The summed E-state index contributed by atoms with van der Waals surface area (Å²) in [5.41, 5.74) is 6.38. The molecule has 1 heterocycles. The number of ether oxygens (including phenoxy) is 1. The van der Waals surface area contributed by atoms with Crippen LogP contribution in [0, 0.1) is 6.92 Å². The largest absolute Gasteiger partial charge is 0.465 e. The Hall–Kier alpha value is -3.37. The number of fused-ring (bicyclic) bond motifs is 3. The van der Waals surface area contributed by atoms with Gasteiger partial charge < -0.3 is 9.30 Å². The van der Waals surface area contributed by atoms with Crippen molar-refractivity contribution in [1.82, 2.24) is 4.57 Å². The molecule has 1 aliphatic rings. The highest BCUT2D eigenvalue weighted by atomic mass is 35.5. The summed E-state index contributed by atoms with van der Waals surface area (Å²) in [6.45, 7) is 2.70. The Balaban J connectivity index is 1.71. The maximum atomic E-state index is 13.5. The van der Waals surface area contributed by atoms with Crippen LogP contribution in [0.3, 0.4) is 0 Å². The van der Waals surface area contributed by atoms with Gasteiger partial charge in [0.2, 0.25) is 0 Å². The molecule has 3 aromatic carbocycles. The summed E-state index contributed by atoms with van der Waals surface area (Å²) in [5, 5.41) is 1.38. The highest BCUT2D eigenvalue weighted by Gasteiger charge is 2.33. The molecule has 5 heteroatoms. The predicted octanol–water partition coefficient (Wildman–Crippen LogP) is 6.35. The third-order valence-electron chi connectivity index (χ3n) is 6.52. The van der Waals surface area contributed by atoms with Gasteiger partial charge in [0.25, 0.3) is 0 Å². The SMILES string of the molecule is COC(=O)c1cccc2c1c1c(n2Cc2cccc(C)c2)CC(c2ccc(Cl)cc2)CC1=O. The van der Waals surface area contributed by atoms with Gasteiger partial charge in [0.1, 0.15) is 0 Å². The zero-order chi connectivity index (χ0) is 23.1. The fraction of sp³-hybridized carbons (Fsp3) is 0.214. The van der Waals surface area contributed by atoms with Crippen LogP contribution in [-0.2, 0) is 17.7 Å². The first-order valence-corrected chi connectivity index (χ1v) is 11.4. The summed E-state index contributed by atoms with van der Waals surface area (Å²) >= 11 is 6.09. The van der Waals surface area contributed by atoms with Crippen LogP contribution in [0.2, 0.25) is 5.02 Å². The summed E-state index contributed by atoms with van der Waals surface area (Å²) < 4.78 is 7.24. The van der Waals surface area contributed by atoms with Crippen LogP contribution in [0.15, 0.2) is 66.7 Å². The summed E-state index contributed by atoms with van der Waals surface area (Å²) in [7, 11) is 1.37. The van der Waals surface area contributed by atoms with Crippen molar-refractivity contribution in [2.45, 2.75) is 32.2 Å². The lowest BCUT2D eigenvalue weighted by molar-refractivity contribution is 0.0603. The maximum Gasteiger partial charge on any atom is 0.338 e. The lowest BCUT2D eigenvalue weighted by Gasteiger charge is -2.24. The van der Waals surface area contributed by atoms with E-state index in [0.717, 1.165) is 22.3 Å². The fourth-order valence-corrected chi connectivity index (χ4v) is 5.15. The maximum absolute atomic E-state index is 13.5. The van der Waals surface area contributed by atoms with Crippen molar-refractivity contribution in [3.8, 4) is 0 Å². The zero-order valence-electron chi connectivity index (χ0n) is 18.6. The molecule has 0 saturated carbocycles. The highest BCUT2D eigenvalue weighted by Crippen LogP contribution is 2.40. The minimum Gasteiger partial charge on any atom is -0.465 e. The van der Waals surface area contributed by atoms with Gasteiger partial charge in [-0.25, -0.2) is 4.79 Å². The first-order chi connectivity index (χ1) is 16.0. The molecule has 4 nitrogen and oxygen atoms in total. The summed E-state index contributed by atoms with van der Waals surface area (Å²) in [4.78, 5) is 26.1. The number of hydrogen-bond acceptors (Lipinski definition) is 3. The number of rotatable bonds is 4. The Labute approximate surface area is 197 Å². The van der Waals surface area contributed by atoms with Crippen LogP contribution >= 0.6 is 11.6 Å². The number of aromatic nitrogens is 1. The van der Waals surface area contributed by atoms with Gasteiger partial charge in [-0.3, -0.25) is 4.79 Å². The number of carbonyl (C=O) groups excluding carboxylic acids is 2. The molecular weight excluding hydrogens is 434 g/mol. The van der Waals surface area contributed by atoms with Crippen molar-refractivity contribution in [3.05, 3.63) is 105 Å². The molecule has 0 N–H and O–H groups in total. The molecule has 1 unspecified atom stereocenters. The molecule has 33 heavy (non-hydrogen) atoms. The second-order valence-electron chi connectivity index (χ2n) is 8.67. The van der Waals surface area contributed by atoms with E-state index in [0.29, 0.717) is 40.9 Å². The van der Waals surface area contributed by atoms with Gasteiger partial charge in [0, 0.05) is 34.6 Å². The third-order valence-corrected chi connectivity index (χ3v) is 6.77. The average Bonchev–Trinajstić information content (AvgIpc) is 3.13. The Morgan fingerprint density at radius 2 is 1.82 bits per heavy atom. The predicted molar refractivity (Wildman–Crippen MR) is 130 cm³/mol. The number of halogens is 1. The molecule has 0 bridgehead atoms. The number of benzene rings is 3. The van der Waals surface area contributed by atoms with E-state index in [1.807, 2.05) is 42.5 Å². The van der Waals surface area contributed by atoms with Crippen molar-refractivity contribution in [2.24, 2.45) is 0 Å². The topological polar surface area (TPSA) is 48.3 Å². The van der Waals surface area contributed by atoms with Gasteiger partial charge >= 0.3 is 5.97 Å². The zero-order valence-corrected chi connectivity index (χ0v) is 19.4. The number of Topliss-reactive ketones (excluding diaryl/α,β-unsaturated/α-hetero) is 1. The van der Waals surface area contributed by atoms with E-state index in [4.69, 9.17) is 16.3 Å². The monoisotopic (exact) mass is 457 g/mol. The van der Waals surface area contributed by atoms with Crippen molar-refractivity contribution in [3.63, 3.8) is 0 Å². The summed E-state index contributed by atoms with van der Waals surface area (Å²) in [6.07, 6.45) is 1.11. The molecule has 1 aromatic heterocycles. The molecule has 1 aliphatic carbocycles. The van der Waals surface area contributed by atoms with Crippen molar-refractivity contribution in [1.29, 1.82) is 0 Å². The second kappa shape index (κ2) is 8.53. The van der Waals surface area contributed by atoms with Crippen LogP contribution in [-0.4, -0.2) is 23.4 Å². The first kappa shape index (κ1) is 21.5. The Morgan fingerprint density at radius 3 is 2.55 bits per heavy atom. The van der Waals surface area contributed by atoms with Crippen LogP contribution in [0.25, 0.3) is 10.9 Å². The molecule has 1 atom stereocenters. The van der Waals surface area contributed by atoms with E-state index < -0.39 is 5.97 Å². The minimum atomic E-state index is -0.427.